The zero-order valence-electron chi connectivity index (χ0n) is 14.3. The smallest absolute Gasteiger partial charge is 0.253 e. The lowest BCUT2D eigenvalue weighted by atomic mass is 10.1. The fraction of sp³-hybridized carbons (Fsp3) is 0.368. The van der Waals surface area contributed by atoms with Crippen molar-refractivity contribution in [1.29, 1.82) is 0 Å². The van der Waals surface area contributed by atoms with E-state index in [0.29, 0.717) is 36.8 Å². The highest BCUT2D eigenvalue weighted by Gasteiger charge is 2.27. The summed E-state index contributed by atoms with van der Waals surface area (Å²) in [5.41, 5.74) is 1.48. The van der Waals surface area contributed by atoms with Gasteiger partial charge >= 0.3 is 0 Å². The van der Waals surface area contributed by atoms with Crippen LogP contribution in [0.4, 0.5) is 0 Å². The quantitative estimate of drug-likeness (QED) is 0.830. The maximum atomic E-state index is 13.0. The lowest BCUT2D eigenvalue weighted by molar-refractivity contribution is -0.128. The third kappa shape index (κ3) is 3.76. The summed E-state index contributed by atoms with van der Waals surface area (Å²) >= 11 is 6.06. The minimum absolute atomic E-state index is 0.00779. The van der Waals surface area contributed by atoms with E-state index < -0.39 is 0 Å². The first-order valence-corrected chi connectivity index (χ1v) is 9.08. The van der Waals surface area contributed by atoms with E-state index in [1.54, 1.807) is 12.3 Å². The summed E-state index contributed by atoms with van der Waals surface area (Å²) in [5, 5.41) is 4.85. The second-order valence-electron chi connectivity index (χ2n) is 6.47. The van der Waals surface area contributed by atoms with Crippen molar-refractivity contribution in [3.63, 3.8) is 0 Å². The third-order valence-corrected chi connectivity index (χ3v) is 4.78. The van der Waals surface area contributed by atoms with Gasteiger partial charge in [0, 0.05) is 42.7 Å². The molecular formula is C19H20ClN3O3. The van der Waals surface area contributed by atoms with Crippen molar-refractivity contribution in [3.8, 4) is 5.75 Å². The lowest BCUT2D eigenvalue weighted by Crippen LogP contribution is -2.40. The van der Waals surface area contributed by atoms with Gasteiger partial charge in [0.15, 0.2) is 0 Å². The normalized spacial score (nSPS) is 20.0. The number of fused-ring (bicyclic) bond motifs is 1. The molecule has 1 fully saturated rings. The molecule has 0 spiro atoms. The van der Waals surface area contributed by atoms with Gasteiger partial charge in [0.2, 0.25) is 0 Å². The molecular weight excluding hydrogens is 354 g/mol. The van der Waals surface area contributed by atoms with Crippen LogP contribution in [0.25, 0.3) is 6.08 Å². The zero-order chi connectivity index (χ0) is 17.9. The molecule has 2 aliphatic rings. The molecule has 0 radical (unpaired) electrons. The lowest BCUT2D eigenvalue weighted by Gasteiger charge is -2.26. The minimum Gasteiger partial charge on any atom is -0.488 e. The molecule has 1 aromatic carbocycles. The second kappa shape index (κ2) is 7.51. The van der Waals surface area contributed by atoms with E-state index >= 15 is 0 Å². The Kier molecular flexibility index (Phi) is 4.95. The number of rotatable bonds is 3. The van der Waals surface area contributed by atoms with Gasteiger partial charge < -0.3 is 14.4 Å². The number of carbonyl (C=O) groups is 1. The topological polar surface area (TPSA) is 56.6 Å². The number of amides is 1. The predicted octanol–water partition coefficient (Wildman–Crippen LogP) is 2.63. The van der Waals surface area contributed by atoms with Gasteiger partial charge in [-0.1, -0.05) is 11.6 Å². The molecule has 2 aromatic rings. The van der Waals surface area contributed by atoms with E-state index in [2.05, 4.69) is 5.10 Å². The number of carbonyl (C=O) groups excluding carboxylic acids is 1. The van der Waals surface area contributed by atoms with Crippen LogP contribution in [0.5, 0.6) is 5.75 Å². The van der Waals surface area contributed by atoms with Crippen LogP contribution in [0, 0.1) is 0 Å². The summed E-state index contributed by atoms with van der Waals surface area (Å²) in [6.45, 7) is 2.76. The number of hydrogen-bond acceptors (Lipinski definition) is 4. The fourth-order valence-electron chi connectivity index (χ4n) is 3.28. The van der Waals surface area contributed by atoms with E-state index in [4.69, 9.17) is 21.1 Å². The Bertz CT molecular complexity index is 819. The first-order valence-electron chi connectivity index (χ1n) is 8.70. The van der Waals surface area contributed by atoms with Gasteiger partial charge in [0.25, 0.3) is 5.91 Å². The molecule has 4 rings (SSSR count). The van der Waals surface area contributed by atoms with E-state index in [1.807, 2.05) is 40.1 Å². The number of benzene rings is 1. The molecule has 0 unspecified atom stereocenters. The molecule has 3 heterocycles. The largest absolute Gasteiger partial charge is 0.488 e. The van der Waals surface area contributed by atoms with Gasteiger partial charge in [-0.15, -0.1) is 0 Å². The molecule has 1 atom stereocenters. The highest BCUT2D eigenvalue weighted by molar-refractivity contribution is 6.30. The predicted molar refractivity (Wildman–Crippen MR) is 98.1 cm³/mol. The number of halogens is 1. The highest BCUT2D eigenvalue weighted by atomic mass is 35.5. The van der Waals surface area contributed by atoms with Crippen LogP contribution in [0.3, 0.4) is 0 Å². The number of ether oxygens (including phenoxy) is 2. The molecule has 6 nitrogen and oxygen atoms in total. The molecule has 0 N–H and O–H groups in total. The van der Waals surface area contributed by atoms with Crippen molar-refractivity contribution in [2.24, 2.45) is 0 Å². The van der Waals surface area contributed by atoms with Crippen molar-refractivity contribution >= 4 is 23.6 Å². The fourth-order valence-corrected chi connectivity index (χ4v) is 3.46. The van der Waals surface area contributed by atoms with Gasteiger partial charge in [-0.25, -0.2) is 0 Å². The SMILES string of the molecule is O=C(C1=Cc2cc(Cl)ccc2OC1)N1CCCO[C@H](Cn2cccn2)C1. The Labute approximate surface area is 156 Å². The van der Waals surface area contributed by atoms with Crippen molar-refractivity contribution in [1.82, 2.24) is 14.7 Å². The molecule has 0 bridgehead atoms. The van der Waals surface area contributed by atoms with E-state index in [0.717, 1.165) is 17.7 Å². The molecule has 7 heteroatoms. The Morgan fingerprint density at radius 3 is 3.15 bits per heavy atom. The number of hydrogen-bond donors (Lipinski definition) is 0. The monoisotopic (exact) mass is 373 g/mol. The van der Waals surface area contributed by atoms with Crippen LogP contribution in [0.15, 0.2) is 42.2 Å². The molecule has 0 saturated carbocycles. The van der Waals surface area contributed by atoms with E-state index in [9.17, 15) is 4.79 Å². The highest BCUT2D eigenvalue weighted by Crippen LogP contribution is 2.29. The number of nitrogens with zero attached hydrogens (tertiary/aromatic N) is 3. The number of aromatic nitrogens is 2. The van der Waals surface area contributed by atoms with Crippen molar-refractivity contribution in [2.45, 2.75) is 19.1 Å². The van der Waals surface area contributed by atoms with E-state index in [1.165, 1.54) is 0 Å². The van der Waals surface area contributed by atoms with Gasteiger partial charge in [-0.2, -0.15) is 5.10 Å². The molecule has 26 heavy (non-hydrogen) atoms. The van der Waals surface area contributed by atoms with Crippen LogP contribution in [0.1, 0.15) is 12.0 Å². The van der Waals surface area contributed by atoms with Crippen molar-refractivity contribution in [3.05, 3.63) is 52.8 Å². The first kappa shape index (κ1) is 17.1. The van der Waals surface area contributed by atoms with Gasteiger partial charge in [0.1, 0.15) is 12.4 Å². The maximum Gasteiger partial charge on any atom is 0.253 e. The second-order valence-corrected chi connectivity index (χ2v) is 6.90. The average Bonchev–Trinajstić information content (AvgIpc) is 3.04. The van der Waals surface area contributed by atoms with Gasteiger partial charge in [-0.3, -0.25) is 9.48 Å². The van der Waals surface area contributed by atoms with Crippen molar-refractivity contribution in [2.75, 3.05) is 26.3 Å². The Morgan fingerprint density at radius 1 is 1.38 bits per heavy atom. The van der Waals surface area contributed by atoms with Crippen molar-refractivity contribution < 1.29 is 14.3 Å². The molecule has 136 valence electrons. The summed E-state index contributed by atoms with van der Waals surface area (Å²) in [5.74, 6) is 0.744. The molecule has 1 aromatic heterocycles. The molecule has 2 aliphatic heterocycles. The molecule has 1 saturated heterocycles. The summed E-state index contributed by atoms with van der Waals surface area (Å²) in [7, 11) is 0. The molecule has 0 aliphatic carbocycles. The molecule has 1 amide bonds. The summed E-state index contributed by atoms with van der Waals surface area (Å²) in [6.07, 6.45) is 6.26. The van der Waals surface area contributed by atoms with Crippen LogP contribution in [0.2, 0.25) is 5.02 Å². The first-order chi connectivity index (χ1) is 12.7. The zero-order valence-corrected chi connectivity index (χ0v) is 15.1. The summed E-state index contributed by atoms with van der Waals surface area (Å²) in [6, 6.07) is 7.31. The minimum atomic E-state index is -0.0758. The Morgan fingerprint density at radius 2 is 2.31 bits per heavy atom. The average molecular weight is 374 g/mol. The Balaban J connectivity index is 1.49. The van der Waals surface area contributed by atoms with Crippen LogP contribution < -0.4 is 4.74 Å². The van der Waals surface area contributed by atoms with Crippen LogP contribution >= 0.6 is 11.6 Å². The Hall–Kier alpha value is -2.31. The summed E-state index contributed by atoms with van der Waals surface area (Å²) < 4.78 is 13.5. The standard InChI is InChI=1S/C19H20ClN3O3/c20-16-3-4-18-14(10-16)9-15(13-26-18)19(24)22-6-2-8-25-17(11-22)12-23-7-1-5-21-23/h1,3-5,7,9-10,17H,2,6,8,11-13H2/t17-/m0/s1. The third-order valence-electron chi connectivity index (χ3n) is 4.55. The van der Waals surface area contributed by atoms with Gasteiger partial charge in [-0.05, 0) is 36.8 Å². The van der Waals surface area contributed by atoms with Crippen LogP contribution in [-0.4, -0.2) is 53.0 Å². The van der Waals surface area contributed by atoms with Crippen LogP contribution in [-0.2, 0) is 16.1 Å². The van der Waals surface area contributed by atoms with E-state index in [-0.39, 0.29) is 18.6 Å². The van der Waals surface area contributed by atoms with Gasteiger partial charge in [0.05, 0.1) is 18.2 Å². The maximum absolute atomic E-state index is 13.0. The summed E-state index contributed by atoms with van der Waals surface area (Å²) in [4.78, 5) is 14.9.